The zero-order chi connectivity index (χ0) is 14.3. The number of nitro groups is 1. The summed E-state index contributed by atoms with van der Waals surface area (Å²) < 4.78 is 30.8. The Morgan fingerprint density at radius 2 is 1.84 bits per heavy atom. The first-order valence-corrected chi connectivity index (χ1v) is 5.52. The normalized spacial score (nSPS) is 19.3. The van der Waals surface area contributed by atoms with Crippen molar-refractivity contribution in [2.24, 2.45) is 0 Å². The molecule has 0 heterocycles. The number of halogens is 2. The highest BCUT2D eigenvalue weighted by Gasteiger charge is 2.62. The molecule has 0 radical (unpaired) electrons. The Hall–Kier alpha value is -2.05. The second-order valence-corrected chi connectivity index (χ2v) is 4.59. The molecule has 1 aromatic rings. The number of ether oxygens (including phenoxy) is 1. The number of methoxy groups -OCH3 is 1. The summed E-state index contributed by atoms with van der Waals surface area (Å²) in [5, 5.41) is 10.5. The molecule has 0 amide bonds. The molecule has 19 heavy (non-hydrogen) atoms. The minimum absolute atomic E-state index is 0.158. The Morgan fingerprint density at radius 1 is 1.32 bits per heavy atom. The predicted molar refractivity (Wildman–Crippen MR) is 61.0 cm³/mol. The van der Waals surface area contributed by atoms with Crippen molar-refractivity contribution in [1.29, 1.82) is 0 Å². The van der Waals surface area contributed by atoms with Crippen LogP contribution in [0.25, 0.3) is 0 Å². The van der Waals surface area contributed by atoms with Crippen LogP contribution in [0.1, 0.15) is 18.4 Å². The van der Waals surface area contributed by atoms with Crippen LogP contribution in [0.4, 0.5) is 14.5 Å². The Labute approximate surface area is 107 Å². The first-order chi connectivity index (χ1) is 8.81. The van der Waals surface area contributed by atoms with Crippen LogP contribution in [-0.2, 0) is 14.9 Å². The van der Waals surface area contributed by atoms with Gasteiger partial charge in [0.05, 0.1) is 12.0 Å². The molecule has 1 aliphatic carbocycles. The van der Waals surface area contributed by atoms with Gasteiger partial charge in [-0.2, -0.15) is 0 Å². The molecule has 1 aromatic carbocycles. The summed E-state index contributed by atoms with van der Waals surface area (Å²) >= 11 is 0. The molecule has 0 spiro atoms. The van der Waals surface area contributed by atoms with Gasteiger partial charge in [-0.15, -0.1) is 0 Å². The molecule has 0 unspecified atom stereocenters. The molecule has 0 bridgehead atoms. The van der Waals surface area contributed by atoms with E-state index in [-0.39, 0.29) is 5.69 Å². The molecule has 0 saturated heterocycles. The molecule has 5 nitrogen and oxygen atoms in total. The quantitative estimate of drug-likeness (QED) is 0.481. The molecule has 0 N–H and O–H groups in total. The number of nitrogens with zero attached hydrogens (tertiary/aromatic N) is 1. The maximum Gasteiger partial charge on any atom is 0.316 e. The Balaban J connectivity index is 2.35. The number of alkyl halides is 2. The average Bonchev–Trinajstić information content (AvgIpc) is 2.34. The topological polar surface area (TPSA) is 69.4 Å². The summed E-state index contributed by atoms with van der Waals surface area (Å²) in [6.45, 7) is 0. The molecule has 7 heteroatoms. The summed E-state index contributed by atoms with van der Waals surface area (Å²) in [7, 11) is 1.13. The van der Waals surface area contributed by atoms with Crippen molar-refractivity contribution in [3.8, 4) is 0 Å². The fourth-order valence-electron chi connectivity index (χ4n) is 2.40. The van der Waals surface area contributed by atoms with E-state index in [2.05, 4.69) is 4.74 Å². The number of hydrogen-bond acceptors (Lipinski definition) is 4. The molecular weight excluding hydrogens is 260 g/mol. The first kappa shape index (κ1) is 13.4. The van der Waals surface area contributed by atoms with E-state index >= 15 is 0 Å². The Bertz CT molecular complexity index is 519. The molecule has 102 valence electrons. The van der Waals surface area contributed by atoms with Gasteiger partial charge >= 0.3 is 5.97 Å². The molecule has 1 fully saturated rings. The molecule has 1 saturated carbocycles. The molecule has 2 rings (SSSR count). The van der Waals surface area contributed by atoms with Crippen LogP contribution in [0.2, 0.25) is 0 Å². The third-order valence-electron chi connectivity index (χ3n) is 3.33. The van der Waals surface area contributed by atoms with Crippen molar-refractivity contribution in [3.05, 3.63) is 39.9 Å². The van der Waals surface area contributed by atoms with Crippen LogP contribution in [0.5, 0.6) is 0 Å². The third kappa shape index (κ3) is 2.16. The van der Waals surface area contributed by atoms with E-state index in [1.54, 1.807) is 0 Å². The van der Waals surface area contributed by atoms with Crippen molar-refractivity contribution in [2.45, 2.75) is 24.2 Å². The van der Waals surface area contributed by atoms with Gasteiger partial charge in [0, 0.05) is 25.0 Å². The van der Waals surface area contributed by atoms with Crippen molar-refractivity contribution >= 4 is 11.7 Å². The monoisotopic (exact) mass is 271 g/mol. The molecule has 0 aromatic heterocycles. The van der Waals surface area contributed by atoms with E-state index < -0.39 is 35.1 Å². The van der Waals surface area contributed by atoms with Gasteiger partial charge in [-0.25, -0.2) is 8.78 Å². The van der Waals surface area contributed by atoms with E-state index in [9.17, 15) is 23.7 Å². The lowest BCUT2D eigenvalue weighted by atomic mass is 9.62. The minimum Gasteiger partial charge on any atom is -0.468 e. The van der Waals surface area contributed by atoms with E-state index in [1.807, 2.05) is 0 Å². The van der Waals surface area contributed by atoms with Crippen molar-refractivity contribution < 1.29 is 23.2 Å². The van der Waals surface area contributed by atoms with Crippen LogP contribution in [-0.4, -0.2) is 23.9 Å². The summed E-state index contributed by atoms with van der Waals surface area (Å²) in [6.07, 6.45) is -1.27. The zero-order valence-electron chi connectivity index (χ0n) is 10.1. The van der Waals surface area contributed by atoms with E-state index in [4.69, 9.17) is 0 Å². The number of hydrogen-bond donors (Lipinski definition) is 0. The predicted octanol–water partition coefficient (Wildman–Crippen LogP) is 2.43. The largest absolute Gasteiger partial charge is 0.468 e. The number of rotatable bonds is 3. The number of non-ortho nitro benzene ring substituents is 1. The maximum atomic E-state index is 13.1. The van der Waals surface area contributed by atoms with Gasteiger partial charge in [0.25, 0.3) is 11.6 Å². The highest BCUT2D eigenvalue weighted by Crippen LogP contribution is 2.54. The summed E-state index contributed by atoms with van der Waals surface area (Å²) in [6, 6.07) is 5.03. The Kier molecular flexibility index (Phi) is 3.00. The SMILES string of the molecule is COC(=O)C1(c2ccc([N+](=O)[O-])cc2)CC(F)(F)C1. The van der Waals surface area contributed by atoms with Gasteiger partial charge in [-0.1, -0.05) is 12.1 Å². The van der Waals surface area contributed by atoms with Crippen LogP contribution in [0.3, 0.4) is 0 Å². The smallest absolute Gasteiger partial charge is 0.316 e. The van der Waals surface area contributed by atoms with Crippen LogP contribution >= 0.6 is 0 Å². The number of esters is 1. The number of carbonyl (C=O) groups excluding carboxylic acids is 1. The van der Waals surface area contributed by atoms with E-state index in [1.165, 1.54) is 24.3 Å². The number of nitro benzene ring substituents is 1. The number of carbonyl (C=O) groups is 1. The first-order valence-electron chi connectivity index (χ1n) is 5.52. The van der Waals surface area contributed by atoms with E-state index in [0.717, 1.165) is 7.11 Å². The van der Waals surface area contributed by atoms with Crippen LogP contribution in [0.15, 0.2) is 24.3 Å². The highest BCUT2D eigenvalue weighted by molar-refractivity contribution is 5.85. The maximum absolute atomic E-state index is 13.1. The van der Waals surface area contributed by atoms with Gasteiger partial charge in [-0.05, 0) is 5.56 Å². The van der Waals surface area contributed by atoms with Gasteiger partial charge in [-0.3, -0.25) is 14.9 Å². The Morgan fingerprint density at radius 3 is 2.21 bits per heavy atom. The van der Waals surface area contributed by atoms with Crippen LogP contribution < -0.4 is 0 Å². The van der Waals surface area contributed by atoms with Gasteiger partial charge in [0.1, 0.15) is 5.41 Å². The fourth-order valence-corrected chi connectivity index (χ4v) is 2.40. The molecular formula is C12H11F2NO4. The standard InChI is InChI=1S/C12H11F2NO4/c1-19-10(16)11(6-12(13,14)7-11)8-2-4-9(5-3-8)15(17)18/h2-5H,6-7H2,1H3. The summed E-state index contributed by atoms with van der Waals surface area (Å²) in [4.78, 5) is 21.7. The molecule has 1 aliphatic rings. The summed E-state index contributed by atoms with van der Waals surface area (Å²) in [5.74, 6) is -3.65. The second kappa shape index (κ2) is 4.25. The van der Waals surface area contributed by atoms with Crippen molar-refractivity contribution in [1.82, 2.24) is 0 Å². The third-order valence-corrected chi connectivity index (χ3v) is 3.33. The van der Waals surface area contributed by atoms with E-state index in [0.29, 0.717) is 5.56 Å². The lowest BCUT2D eigenvalue weighted by Gasteiger charge is -2.45. The molecule has 0 atom stereocenters. The number of benzene rings is 1. The zero-order valence-corrected chi connectivity index (χ0v) is 10.1. The summed E-state index contributed by atoms with van der Waals surface area (Å²) in [5.41, 5.74) is -1.24. The molecule has 0 aliphatic heterocycles. The minimum atomic E-state index is -2.91. The average molecular weight is 271 g/mol. The highest BCUT2D eigenvalue weighted by atomic mass is 19.3. The lowest BCUT2D eigenvalue weighted by molar-refractivity contribution is -0.384. The van der Waals surface area contributed by atoms with Gasteiger partial charge < -0.3 is 4.74 Å². The van der Waals surface area contributed by atoms with Gasteiger partial charge in [0.2, 0.25) is 0 Å². The van der Waals surface area contributed by atoms with Gasteiger partial charge in [0.15, 0.2) is 0 Å². The van der Waals surface area contributed by atoms with Crippen LogP contribution in [0, 0.1) is 10.1 Å². The van der Waals surface area contributed by atoms with Crippen molar-refractivity contribution in [3.63, 3.8) is 0 Å². The van der Waals surface area contributed by atoms with Crippen molar-refractivity contribution in [2.75, 3.05) is 7.11 Å². The fraction of sp³-hybridized carbons (Fsp3) is 0.417. The second-order valence-electron chi connectivity index (χ2n) is 4.59. The lowest BCUT2D eigenvalue weighted by Crippen LogP contribution is -2.54.